The molecule has 0 radical (unpaired) electrons. The lowest BCUT2D eigenvalue weighted by atomic mass is 9.97. The van der Waals surface area contributed by atoms with E-state index in [0.29, 0.717) is 68.1 Å². The van der Waals surface area contributed by atoms with Crippen molar-refractivity contribution in [3.63, 3.8) is 0 Å². The van der Waals surface area contributed by atoms with Crippen LogP contribution in [-0.4, -0.2) is 113 Å². The molecule has 2 amide bonds. The summed E-state index contributed by atoms with van der Waals surface area (Å²) in [6, 6.07) is 9.23. The predicted octanol–water partition coefficient (Wildman–Crippen LogP) is 8.60. The van der Waals surface area contributed by atoms with Crippen LogP contribution in [-0.2, 0) is 41.8 Å². The maximum absolute atomic E-state index is 13.8. The predicted molar refractivity (Wildman–Crippen MR) is 246 cm³/mol. The summed E-state index contributed by atoms with van der Waals surface area (Å²) in [5.41, 5.74) is 1.13. The van der Waals surface area contributed by atoms with Gasteiger partial charge >= 0.3 is 12.2 Å². The average molecular weight is 919 g/mol. The van der Waals surface area contributed by atoms with Crippen molar-refractivity contribution >= 4 is 22.2 Å². The number of ether oxygens (including phenoxy) is 8. The van der Waals surface area contributed by atoms with Crippen molar-refractivity contribution in [1.29, 1.82) is 0 Å². The second kappa shape index (κ2) is 26.2. The third-order valence-corrected chi connectivity index (χ3v) is 11.1. The third-order valence-electron chi connectivity index (χ3n) is 9.27. The van der Waals surface area contributed by atoms with Crippen molar-refractivity contribution < 1.29 is 55.9 Å². The van der Waals surface area contributed by atoms with Gasteiger partial charge in [-0.05, 0) is 109 Å². The second-order valence-corrected chi connectivity index (χ2v) is 19.7. The molecule has 3 rings (SSSR count). The zero-order valence-corrected chi connectivity index (χ0v) is 41.6. The van der Waals surface area contributed by atoms with Gasteiger partial charge in [-0.25, -0.2) is 28.0 Å². The first kappa shape index (κ1) is 55.3. The number of hydrogen-bond donors (Lipinski definition) is 1. The van der Waals surface area contributed by atoms with Crippen LogP contribution in [0.15, 0.2) is 53.7 Å². The van der Waals surface area contributed by atoms with Crippen molar-refractivity contribution in [1.82, 2.24) is 19.6 Å². The molecule has 0 spiro atoms. The van der Waals surface area contributed by atoms with E-state index in [9.17, 15) is 18.0 Å². The van der Waals surface area contributed by atoms with Gasteiger partial charge in [0.05, 0.1) is 38.4 Å². The normalized spacial score (nSPS) is 12.7. The molecule has 64 heavy (non-hydrogen) atoms. The Labute approximate surface area is 382 Å². The number of hydrogen-bond acceptors (Lipinski definition) is 14. The number of aryl methyl sites for hydroxylation is 1. The molecule has 0 bridgehead atoms. The number of carbonyl (C=O) groups excluding carboxylic acids is 2. The Kier molecular flexibility index (Phi) is 22.6. The molecule has 0 fully saturated rings. The molecule has 2 heterocycles. The van der Waals surface area contributed by atoms with E-state index in [2.05, 4.69) is 29.1 Å². The monoisotopic (exact) mass is 919 g/mol. The number of carbonyl (C=O) groups is 2. The number of sulfonamides is 1. The number of amides is 2. The van der Waals surface area contributed by atoms with Crippen LogP contribution in [0.5, 0.6) is 23.3 Å². The first-order chi connectivity index (χ1) is 30.0. The van der Waals surface area contributed by atoms with E-state index in [4.69, 9.17) is 37.9 Å². The lowest BCUT2D eigenvalue weighted by Gasteiger charge is -2.35. The molecule has 0 aliphatic heterocycles. The van der Waals surface area contributed by atoms with E-state index < -0.39 is 39.5 Å². The van der Waals surface area contributed by atoms with Crippen molar-refractivity contribution in [2.45, 2.75) is 130 Å². The zero-order chi connectivity index (χ0) is 48.3. The van der Waals surface area contributed by atoms with Crippen LogP contribution in [0.4, 0.5) is 9.59 Å². The Morgan fingerprint density at radius 2 is 1.16 bits per heavy atom. The van der Waals surface area contributed by atoms with Crippen molar-refractivity contribution in [2.75, 3.05) is 54.9 Å². The smallest absolute Gasteiger partial charge is 0.424 e. The fraction of sp³-hybridized carbons (Fsp3) is 0.617. The van der Waals surface area contributed by atoms with Gasteiger partial charge in [0.2, 0.25) is 0 Å². The van der Waals surface area contributed by atoms with Gasteiger partial charge in [0, 0.05) is 58.7 Å². The second-order valence-electron chi connectivity index (χ2n) is 17.9. The van der Waals surface area contributed by atoms with Gasteiger partial charge in [0.1, 0.15) is 11.2 Å². The molecule has 3 aromatic rings. The van der Waals surface area contributed by atoms with Gasteiger partial charge in [-0.15, -0.1) is 0 Å². The molecule has 0 aliphatic carbocycles. The third kappa shape index (κ3) is 19.1. The minimum Gasteiger partial charge on any atom is -0.488 e. The highest BCUT2D eigenvalue weighted by Gasteiger charge is 2.40. The van der Waals surface area contributed by atoms with Crippen LogP contribution in [0.1, 0.15) is 98.8 Å². The van der Waals surface area contributed by atoms with Crippen LogP contribution in [0, 0.1) is 18.8 Å². The number of benzene rings is 1. The summed E-state index contributed by atoms with van der Waals surface area (Å²) in [6.45, 7) is 22.4. The number of pyridine rings is 2. The van der Waals surface area contributed by atoms with Gasteiger partial charge in [0.25, 0.3) is 21.8 Å². The summed E-state index contributed by atoms with van der Waals surface area (Å²) >= 11 is 0. The SMILES string of the molecule is COCCCOc1cc(C[C@@H](C(C)C)N(C(=O)OC(C)(C)C)S(=O)(=O)c2ccc(C)cc2)cnc1OC.COCCCOc1cc(C[C@H](NC(=O)OC(C)(C)C)C(C)C)cnc1OC. The number of aromatic nitrogens is 2. The molecule has 0 unspecified atom stereocenters. The lowest BCUT2D eigenvalue weighted by molar-refractivity contribution is 0.0307. The lowest BCUT2D eigenvalue weighted by Crippen LogP contribution is -2.50. The Hall–Kier alpha value is -4.87. The van der Waals surface area contributed by atoms with Gasteiger partial charge in [0.15, 0.2) is 11.5 Å². The van der Waals surface area contributed by atoms with Crippen LogP contribution in [0.2, 0.25) is 0 Å². The summed E-state index contributed by atoms with van der Waals surface area (Å²) in [5, 5.41) is 2.95. The minimum atomic E-state index is -4.23. The van der Waals surface area contributed by atoms with Crippen molar-refractivity contribution in [3.8, 4) is 23.3 Å². The first-order valence-corrected chi connectivity index (χ1v) is 23.0. The van der Waals surface area contributed by atoms with Crippen molar-refractivity contribution in [2.24, 2.45) is 11.8 Å². The Balaban J connectivity index is 0.000000463. The molecular weight excluding hydrogens is 845 g/mol. The molecule has 2 aromatic heterocycles. The average Bonchev–Trinajstić information content (AvgIpc) is 3.19. The topological polar surface area (TPSA) is 183 Å². The van der Waals surface area contributed by atoms with Gasteiger partial charge in [-0.3, -0.25) is 0 Å². The number of rotatable bonds is 22. The summed E-state index contributed by atoms with van der Waals surface area (Å²) in [4.78, 5) is 34.2. The van der Waals surface area contributed by atoms with Gasteiger partial charge in [-0.2, -0.15) is 4.31 Å². The molecule has 0 saturated heterocycles. The number of nitrogens with one attached hydrogen (secondary N) is 1. The quantitative estimate of drug-likeness (QED) is 0.0946. The molecule has 17 heteroatoms. The van der Waals surface area contributed by atoms with E-state index in [1.807, 2.05) is 47.6 Å². The Morgan fingerprint density at radius 3 is 1.56 bits per heavy atom. The van der Waals surface area contributed by atoms with E-state index >= 15 is 0 Å². The molecule has 2 atom stereocenters. The Bertz CT molecular complexity index is 1980. The highest BCUT2D eigenvalue weighted by atomic mass is 32.2. The van der Waals surface area contributed by atoms with Crippen LogP contribution in [0.25, 0.3) is 0 Å². The van der Waals surface area contributed by atoms with Crippen LogP contribution >= 0.6 is 0 Å². The first-order valence-electron chi connectivity index (χ1n) is 21.6. The number of alkyl carbamates (subject to hydrolysis) is 1. The number of nitrogens with zero attached hydrogens (tertiary/aromatic N) is 3. The largest absolute Gasteiger partial charge is 0.488 e. The van der Waals surface area contributed by atoms with Crippen molar-refractivity contribution in [3.05, 3.63) is 65.5 Å². The molecule has 0 aliphatic rings. The zero-order valence-electron chi connectivity index (χ0n) is 40.7. The van der Waals surface area contributed by atoms with Crippen LogP contribution < -0.4 is 24.3 Å². The minimum absolute atomic E-state index is 0.0182. The van der Waals surface area contributed by atoms with Gasteiger partial charge < -0.3 is 43.2 Å². The molecule has 1 aromatic carbocycles. The molecule has 360 valence electrons. The fourth-order valence-electron chi connectivity index (χ4n) is 5.99. The molecule has 16 nitrogen and oxygen atoms in total. The van der Waals surface area contributed by atoms with E-state index in [1.165, 1.54) is 19.2 Å². The highest BCUT2D eigenvalue weighted by Crippen LogP contribution is 2.31. The summed E-state index contributed by atoms with van der Waals surface area (Å²) in [5.74, 6) is 1.78. The Morgan fingerprint density at radius 1 is 0.688 bits per heavy atom. The molecule has 0 saturated carbocycles. The van der Waals surface area contributed by atoms with E-state index in [0.717, 1.165) is 21.9 Å². The maximum Gasteiger partial charge on any atom is 0.424 e. The summed E-state index contributed by atoms with van der Waals surface area (Å²) in [7, 11) is 2.11. The fourth-order valence-corrected chi connectivity index (χ4v) is 7.61. The number of methoxy groups -OCH3 is 4. The highest BCUT2D eigenvalue weighted by molar-refractivity contribution is 7.89. The van der Waals surface area contributed by atoms with Gasteiger partial charge in [-0.1, -0.05) is 45.4 Å². The van der Waals surface area contributed by atoms with E-state index in [-0.39, 0.29) is 29.2 Å². The summed E-state index contributed by atoms with van der Waals surface area (Å²) < 4.78 is 71.8. The molecule has 1 N–H and O–H groups in total. The summed E-state index contributed by atoms with van der Waals surface area (Å²) in [6.07, 6.45) is 4.27. The standard InChI is InChI=1S/C27H40N2O7S.C20H34N2O5/c1-19(2)23(16-21-17-24(25(34-8)28-18-21)35-15-9-14-33-7)29(26(30)36-27(4,5)6)37(31,32)22-12-10-20(3)11-13-22;1-14(2)16(22-19(23)27-20(3,4)5)11-15-12-17(18(25-7)21-13-15)26-10-8-9-24-6/h10-13,17-19,23H,9,14-16H2,1-8H3;12-14,16H,8-11H2,1-7H3,(H,22,23)/t23-;16-/m00/s1. The van der Waals surface area contributed by atoms with Crippen LogP contribution in [0.3, 0.4) is 0 Å². The van der Waals surface area contributed by atoms with E-state index in [1.54, 1.807) is 72.7 Å². The maximum atomic E-state index is 13.8. The molecular formula is C47H74N4O12S.